The van der Waals surface area contributed by atoms with Crippen molar-refractivity contribution < 1.29 is 9.53 Å². The molecule has 0 radical (unpaired) electrons. The Labute approximate surface area is 134 Å². The Morgan fingerprint density at radius 2 is 1.95 bits per heavy atom. The third-order valence-corrected chi connectivity index (χ3v) is 4.73. The van der Waals surface area contributed by atoms with Crippen LogP contribution >= 0.6 is 11.3 Å². The summed E-state index contributed by atoms with van der Waals surface area (Å²) in [5.41, 5.74) is 3.41. The Morgan fingerprint density at radius 3 is 2.68 bits per heavy atom. The topological polar surface area (TPSA) is 51.2 Å². The second-order valence-corrected chi connectivity index (χ2v) is 6.84. The highest BCUT2D eigenvalue weighted by Gasteiger charge is 2.16. The molecule has 0 aliphatic heterocycles. The van der Waals surface area contributed by atoms with Crippen molar-refractivity contribution in [1.29, 1.82) is 0 Å². The summed E-state index contributed by atoms with van der Waals surface area (Å²) in [6.07, 6.45) is 4.53. The number of aromatic nitrogens is 1. The van der Waals surface area contributed by atoms with E-state index in [1.54, 1.807) is 11.3 Å². The number of rotatable bonds is 4. The first-order valence-corrected chi connectivity index (χ1v) is 8.41. The van der Waals surface area contributed by atoms with Crippen molar-refractivity contribution in [1.82, 2.24) is 4.98 Å². The Morgan fingerprint density at radius 1 is 1.23 bits per heavy atom. The summed E-state index contributed by atoms with van der Waals surface area (Å²) in [4.78, 5) is 17.8. The van der Waals surface area contributed by atoms with E-state index in [0.29, 0.717) is 5.13 Å². The number of carbonyl (C=O) groups excluding carboxylic acids is 1. The van der Waals surface area contributed by atoms with Gasteiger partial charge in [-0.05, 0) is 62.8 Å². The zero-order chi connectivity index (χ0) is 15.5. The standard InChI is InChI=1S/C17H20N2O2S/c1-11-7-12(2)9-13(8-11)21-10-16(20)19-17-18-14-5-3-4-6-15(14)22-17/h7-9H,3-6,10H2,1-2H3,(H,18,19,20). The largest absolute Gasteiger partial charge is 0.484 e. The lowest BCUT2D eigenvalue weighted by Crippen LogP contribution is -2.20. The molecule has 0 spiro atoms. The lowest BCUT2D eigenvalue weighted by atomic mass is 10.0. The minimum Gasteiger partial charge on any atom is -0.484 e. The molecule has 0 fully saturated rings. The molecule has 1 heterocycles. The second-order valence-electron chi connectivity index (χ2n) is 5.76. The maximum absolute atomic E-state index is 12.0. The van der Waals surface area contributed by atoms with Crippen molar-refractivity contribution in [3.63, 3.8) is 0 Å². The van der Waals surface area contributed by atoms with Gasteiger partial charge in [0.15, 0.2) is 11.7 Å². The highest BCUT2D eigenvalue weighted by Crippen LogP contribution is 2.29. The molecule has 1 aliphatic carbocycles. The molecule has 1 aliphatic rings. The van der Waals surface area contributed by atoms with Crippen LogP contribution in [0, 0.1) is 13.8 Å². The highest BCUT2D eigenvalue weighted by atomic mass is 32.1. The summed E-state index contributed by atoms with van der Waals surface area (Å²) < 4.78 is 5.57. The number of thiazole rings is 1. The van der Waals surface area contributed by atoms with Crippen LogP contribution in [0.5, 0.6) is 5.75 Å². The third-order valence-electron chi connectivity index (χ3n) is 3.66. The zero-order valence-corrected chi connectivity index (χ0v) is 13.8. The third kappa shape index (κ3) is 3.65. The van der Waals surface area contributed by atoms with Crippen molar-refractivity contribution >= 4 is 22.4 Å². The summed E-state index contributed by atoms with van der Waals surface area (Å²) in [6.45, 7) is 4.03. The Balaban J connectivity index is 1.57. The lowest BCUT2D eigenvalue weighted by molar-refractivity contribution is -0.118. The number of nitrogens with one attached hydrogen (secondary N) is 1. The number of hydrogen-bond acceptors (Lipinski definition) is 4. The van der Waals surface area contributed by atoms with E-state index < -0.39 is 0 Å². The number of hydrogen-bond donors (Lipinski definition) is 1. The molecule has 5 heteroatoms. The molecule has 0 bridgehead atoms. The Kier molecular flexibility index (Phi) is 4.43. The minimum absolute atomic E-state index is 0.00708. The van der Waals surface area contributed by atoms with Gasteiger partial charge < -0.3 is 4.74 Å². The van der Waals surface area contributed by atoms with Crippen LogP contribution in [0.3, 0.4) is 0 Å². The molecule has 0 unspecified atom stereocenters. The molecule has 1 amide bonds. The fourth-order valence-corrected chi connectivity index (χ4v) is 3.79. The molecule has 116 valence electrons. The number of amides is 1. The number of anilines is 1. The van der Waals surface area contributed by atoms with Crippen molar-refractivity contribution in [2.75, 3.05) is 11.9 Å². The van der Waals surface area contributed by atoms with Crippen molar-refractivity contribution in [3.8, 4) is 5.75 Å². The minimum atomic E-state index is -0.162. The predicted molar refractivity (Wildman–Crippen MR) is 88.8 cm³/mol. The van der Waals surface area contributed by atoms with Crippen molar-refractivity contribution in [2.45, 2.75) is 39.5 Å². The van der Waals surface area contributed by atoms with Crippen LogP contribution in [0.1, 0.15) is 34.5 Å². The molecule has 0 saturated heterocycles. The summed E-state index contributed by atoms with van der Waals surface area (Å²) >= 11 is 1.59. The SMILES string of the molecule is Cc1cc(C)cc(OCC(=O)Nc2nc3c(s2)CCCC3)c1. The number of nitrogens with zero attached hydrogens (tertiary/aromatic N) is 1. The second kappa shape index (κ2) is 6.48. The van der Waals surface area contributed by atoms with Crippen molar-refractivity contribution in [2.24, 2.45) is 0 Å². The molecular weight excluding hydrogens is 296 g/mol. The lowest BCUT2D eigenvalue weighted by Gasteiger charge is -2.07. The number of fused-ring (bicyclic) bond motifs is 1. The highest BCUT2D eigenvalue weighted by molar-refractivity contribution is 7.15. The quantitative estimate of drug-likeness (QED) is 0.936. The number of aryl methyl sites for hydroxylation is 4. The average Bonchev–Trinajstić information content (AvgIpc) is 2.86. The molecule has 0 atom stereocenters. The fraction of sp³-hybridized carbons (Fsp3) is 0.412. The van der Waals surface area contributed by atoms with Crippen molar-refractivity contribution in [3.05, 3.63) is 39.9 Å². The number of ether oxygens (including phenoxy) is 1. The van der Waals surface area contributed by atoms with Gasteiger partial charge in [0.05, 0.1) is 5.69 Å². The Hall–Kier alpha value is -1.88. The summed E-state index contributed by atoms with van der Waals surface area (Å²) in [5.74, 6) is 0.566. The van der Waals surface area contributed by atoms with Gasteiger partial charge in [-0.25, -0.2) is 4.98 Å². The van der Waals surface area contributed by atoms with Gasteiger partial charge in [-0.15, -0.1) is 11.3 Å². The van der Waals surface area contributed by atoms with Crippen LogP contribution in [0.25, 0.3) is 0 Å². The summed E-state index contributed by atoms with van der Waals surface area (Å²) in [7, 11) is 0. The first-order valence-electron chi connectivity index (χ1n) is 7.60. The van der Waals surface area contributed by atoms with E-state index in [1.807, 2.05) is 26.0 Å². The van der Waals surface area contributed by atoms with E-state index in [0.717, 1.165) is 35.4 Å². The van der Waals surface area contributed by atoms with E-state index in [-0.39, 0.29) is 12.5 Å². The van der Waals surface area contributed by atoms with Crippen LogP contribution in [0.2, 0.25) is 0 Å². The van der Waals surface area contributed by atoms with E-state index in [2.05, 4.69) is 16.4 Å². The van der Waals surface area contributed by atoms with Gasteiger partial charge in [-0.3, -0.25) is 10.1 Å². The van der Waals surface area contributed by atoms with E-state index in [9.17, 15) is 4.79 Å². The molecule has 22 heavy (non-hydrogen) atoms. The van der Waals surface area contributed by atoms with Gasteiger partial charge in [0.2, 0.25) is 0 Å². The molecule has 0 saturated carbocycles. The van der Waals surface area contributed by atoms with Gasteiger partial charge in [0, 0.05) is 4.88 Å². The van der Waals surface area contributed by atoms with E-state index in [1.165, 1.54) is 17.7 Å². The number of benzene rings is 1. The molecule has 1 aromatic carbocycles. The maximum atomic E-state index is 12.0. The first-order chi connectivity index (χ1) is 10.6. The van der Waals surface area contributed by atoms with Crippen LogP contribution < -0.4 is 10.1 Å². The first kappa shape index (κ1) is 15.0. The van der Waals surface area contributed by atoms with Gasteiger partial charge in [-0.1, -0.05) is 6.07 Å². The summed E-state index contributed by atoms with van der Waals surface area (Å²) in [5, 5.41) is 3.54. The van der Waals surface area contributed by atoms with Crippen LogP contribution in [-0.4, -0.2) is 17.5 Å². The van der Waals surface area contributed by atoms with Gasteiger partial charge >= 0.3 is 0 Å². The van der Waals surface area contributed by atoms with Crippen LogP contribution in [0.4, 0.5) is 5.13 Å². The molecule has 1 aromatic heterocycles. The maximum Gasteiger partial charge on any atom is 0.264 e. The molecule has 4 nitrogen and oxygen atoms in total. The zero-order valence-electron chi connectivity index (χ0n) is 12.9. The molecule has 3 rings (SSSR count). The molecule has 1 N–H and O–H groups in total. The number of carbonyl (C=O) groups is 1. The van der Waals surface area contributed by atoms with Gasteiger partial charge in [0.1, 0.15) is 5.75 Å². The molecular formula is C17H20N2O2S. The van der Waals surface area contributed by atoms with Crippen LogP contribution in [-0.2, 0) is 17.6 Å². The monoisotopic (exact) mass is 316 g/mol. The van der Waals surface area contributed by atoms with Crippen LogP contribution in [0.15, 0.2) is 18.2 Å². The normalized spacial score (nSPS) is 13.5. The fourth-order valence-electron chi connectivity index (χ4n) is 2.73. The van der Waals surface area contributed by atoms with E-state index >= 15 is 0 Å². The molecule has 2 aromatic rings. The summed E-state index contributed by atoms with van der Waals surface area (Å²) in [6, 6.07) is 5.94. The van der Waals surface area contributed by atoms with E-state index in [4.69, 9.17) is 4.74 Å². The average molecular weight is 316 g/mol. The Bertz CT molecular complexity index is 650. The predicted octanol–water partition coefficient (Wildman–Crippen LogP) is 3.66. The smallest absolute Gasteiger partial charge is 0.264 e. The van der Waals surface area contributed by atoms with Gasteiger partial charge in [-0.2, -0.15) is 0 Å². The van der Waals surface area contributed by atoms with Gasteiger partial charge in [0.25, 0.3) is 5.91 Å².